The lowest BCUT2D eigenvalue weighted by Gasteiger charge is -2.43. The van der Waals surface area contributed by atoms with E-state index < -0.39 is 5.60 Å². The van der Waals surface area contributed by atoms with E-state index in [0.717, 1.165) is 44.8 Å². The lowest BCUT2D eigenvalue weighted by atomic mass is 9.77. The molecule has 3 N–H and O–H groups in total. The van der Waals surface area contributed by atoms with Crippen molar-refractivity contribution in [3.8, 4) is 0 Å². The summed E-state index contributed by atoms with van der Waals surface area (Å²) in [7, 11) is 0. The molecule has 0 bridgehead atoms. The van der Waals surface area contributed by atoms with Crippen LogP contribution in [0.3, 0.4) is 0 Å². The van der Waals surface area contributed by atoms with E-state index in [1.54, 1.807) is 0 Å². The van der Waals surface area contributed by atoms with Crippen molar-refractivity contribution in [2.75, 3.05) is 19.6 Å². The second-order valence-corrected chi connectivity index (χ2v) is 5.16. The van der Waals surface area contributed by atoms with Crippen LogP contribution in [0.1, 0.15) is 39.0 Å². The Morgan fingerprint density at radius 2 is 2.00 bits per heavy atom. The summed E-state index contributed by atoms with van der Waals surface area (Å²) in [6, 6.07) is 0.332. The zero-order valence-corrected chi connectivity index (χ0v) is 9.76. The Bertz CT molecular complexity index is 202. The van der Waals surface area contributed by atoms with Gasteiger partial charge < -0.3 is 15.7 Å². The van der Waals surface area contributed by atoms with Crippen LogP contribution >= 0.6 is 0 Å². The van der Waals surface area contributed by atoms with Gasteiger partial charge in [0.2, 0.25) is 0 Å². The third-order valence-electron chi connectivity index (χ3n) is 4.21. The zero-order chi connectivity index (χ0) is 10.7. The molecule has 2 saturated heterocycles. The molecule has 2 aliphatic rings. The van der Waals surface area contributed by atoms with Gasteiger partial charge in [-0.1, -0.05) is 13.3 Å². The quantitative estimate of drug-likeness (QED) is 0.636. The third kappa shape index (κ3) is 2.52. The molecule has 0 amide bonds. The first-order valence-electron chi connectivity index (χ1n) is 6.41. The summed E-state index contributed by atoms with van der Waals surface area (Å²) >= 11 is 0. The molecule has 88 valence electrons. The zero-order valence-electron chi connectivity index (χ0n) is 9.76. The Balaban J connectivity index is 1.95. The van der Waals surface area contributed by atoms with E-state index in [4.69, 9.17) is 0 Å². The molecule has 2 fully saturated rings. The minimum atomic E-state index is -0.445. The van der Waals surface area contributed by atoms with Crippen molar-refractivity contribution in [1.29, 1.82) is 0 Å². The highest BCUT2D eigenvalue weighted by atomic mass is 16.3. The Kier molecular flexibility index (Phi) is 3.65. The van der Waals surface area contributed by atoms with Crippen molar-refractivity contribution in [3.05, 3.63) is 0 Å². The average molecular weight is 212 g/mol. The normalized spacial score (nSPS) is 36.4. The highest BCUT2D eigenvalue weighted by Crippen LogP contribution is 2.30. The van der Waals surface area contributed by atoms with E-state index in [-0.39, 0.29) is 0 Å². The number of aliphatic hydroxyl groups is 1. The molecule has 0 spiro atoms. The molecule has 0 aromatic carbocycles. The van der Waals surface area contributed by atoms with E-state index in [1.807, 2.05) is 0 Å². The maximum atomic E-state index is 10.6. The molecule has 0 saturated carbocycles. The van der Waals surface area contributed by atoms with Gasteiger partial charge in [0.05, 0.1) is 5.60 Å². The van der Waals surface area contributed by atoms with Crippen molar-refractivity contribution >= 4 is 0 Å². The molecule has 2 atom stereocenters. The average Bonchev–Trinajstić information content (AvgIpc) is 2.30. The molecule has 0 aromatic rings. The van der Waals surface area contributed by atoms with Gasteiger partial charge in [-0.3, -0.25) is 0 Å². The van der Waals surface area contributed by atoms with E-state index in [9.17, 15) is 5.11 Å². The van der Waals surface area contributed by atoms with Crippen LogP contribution in [-0.4, -0.2) is 36.4 Å². The largest absolute Gasteiger partial charge is 0.388 e. The number of hydrogen-bond donors (Lipinski definition) is 3. The smallest absolute Gasteiger partial charge is 0.0824 e. The number of hydrogen-bond acceptors (Lipinski definition) is 3. The molecule has 0 radical (unpaired) electrons. The summed E-state index contributed by atoms with van der Waals surface area (Å²) in [5, 5.41) is 17.4. The molecule has 2 aliphatic heterocycles. The second-order valence-electron chi connectivity index (χ2n) is 5.16. The van der Waals surface area contributed by atoms with Gasteiger partial charge in [-0.25, -0.2) is 0 Å². The molecular formula is C12H24N2O. The topological polar surface area (TPSA) is 44.3 Å². The molecule has 0 aromatic heterocycles. The summed E-state index contributed by atoms with van der Waals surface area (Å²) in [6.45, 7) is 5.27. The van der Waals surface area contributed by atoms with Crippen molar-refractivity contribution in [2.45, 2.75) is 50.7 Å². The lowest BCUT2D eigenvalue weighted by Crippen LogP contribution is -2.58. The van der Waals surface area contributed by atoms with Gasteiger partial charge in [0.1, 0.15) is 0 Å². The Morgan fingerprint density at radius 3 is 2.67 bits per heavy atom. The number of nitrogens with one attached hydrogen (secondary N) is 2. The molecular weight excluding hydrogens is 188 g/mol. The van der Waals surface area contributed by atoms with E-state index >= 15 is 0 Å². The fourth-order valence-corrected chi connectivity index (χ4v) is 2.98. The fraction of sp³-hybridized carbons (Fsp3) is 1.00. The summed E-state index contributed by atoms with van der Waals surface area (Å²) in [5.41, 5.74) is -0.445. The summed E-state index contributed by atoms with van der Waals surface area (Å²) in [5.74, 6) is 0.815. The highest BCUT2D eigenvalue weighted by molar-refractivity contribution is 4.97. The molecule has 3 nitrogen and oxygen atoms in total. The van der Waals surface area contributed by atoms with Crippen LogP contribution in [0.5, 0.6) is 0 Å². The van der Waals surface area contributed by atoms with Crippen molar-refractivity contribution in [1.82, 2.24) is 10.6 Å². The maximum absolute atomic E-state index is 10.6. The molecule has 15 heavy (non-hydrogen) atoms. The summed E-state index contributed by atoms with van der Waals surface area (Å²) in [6.07, 6.45) is 5.50. The van der Waals surface area contributed by atoms with Gasteiger partial charge in [-0.15, -0.1) is 0 Å². The summed E-state index contributed by atoms with van der Waals surface area (Å²) in [4.78, 5) is 0. The SMILES string of the molecule is CCC1CCNC(C2(O)CCNCC2)C1. The van der Waals surface area contributed by atoms with Crippen LogP contribution in [0, 0.1) is 5.92 Å². The van der Waals surface area contributed by atoms with E-state index in [0.29, 0.717) is 6.04 Å². The van der Waals surface area contributed by atoms with Gasteiger partial charge in [0, 0.05) is 6.04 Å². The number of rotatable bonds is 2. The molecule has 2 rings (SSSR count). The van der Waals surface area contributed by atoms with Crippen LogP contribution in [0.4, 0.5) is 0 Å². The number of piperidine rings is 2. The van der Waals surface area contributed by atoms with Crippen molar-refractivity contribution in [2.24, 2.45) is 5.92 Å². The monoisotopic (exact) mass is 212 g/mol. The molecule has 0 aliphatic carbocycles. The minimum Gasteiger partial charge on any atom is -0.388 e. The van der Waals surface area contributed by atoms with Crippen molar-refractivity contribution < 1.29 is 5.11 Å². The first kappa shape index (κ1) is 11.4. The fourth-order valence-electron chi connectivity index (χ4n) is 2.98. The third-order valence-corrected chi connectivity index (χ3v) is 4.21. The highest BCUT2D eigenvalue weighted by Gasteiger charge is 2.39. The minimum absolute atomic E-state index is 0.332. The Hall–Kier alpha value is -0.120. The molecule has 2 heterocycles. The summed E-state index contributed by atoms with van der Waals surface area (Å²) < 4.78 is 0. The Morgan fingerprint density at radius 1 is 1.27 bits per heavy atom. The van der Waals surface area contributed by atoms with Gasteiger partial charge in [0.15, 0.2) is 0 Å². The van der Waals surface area contributed by atoms with Crippen LogP contribution < -0.4 is 10.6 Å². The van der Waals surface area contributed by atoms with Crippen LogP contribution in [0.25, 0.3) is 0 Å². The Labute approximate surface area is 92.6 Å². The molecule has 2 unspecified atom stereocenters. The van der Waals surface area contributed by atoms with Crippen LogP contribution in [0.2, 0.25) is 0 Å². The maximum Gasteiger partial charge on any atom is 0.0824 e. The second kappa shape index (κ2) is 4.81. The van der Waals surface area contributed by atoms with Gasteiger partial charge in [-0.05, 0) is 51.2 Å². The molecule has 3 heteroatoms. The first-order valence-corrected chi connectivity index (χ1v) is 6.41. The predicted molar refractivity (Wildman–Crippen MR) is 61.9 cm³/mol. The standard InChI is InChI=1S/C12H24N2O/c1-2-10-3-6-14-11(9-10)12(15)4-7-13-8-5-12/h10-11,13-15H,2-9H2,1H3. The van der Waals surface area contributed by atoms with Gasteiger partial charge in [0.25, 0.3) is 0 Å². The van der Waals surface area contributed by atoms with Crippen LogP contribution in [0.15, 0.2) is 0 Å². The lowest BCUT2D eigenvalue weighted by molar-refractivity contribution is -0.0384. The van der Waals surface area contributed by atoms with Crippen LogP contribution in [-0.2, 0) is 0 Å². The van der Waals surface area contributed by atoms with Gasteiger partial charge in [-0.2, -0.15) is 0 Å². The first-order chi connectivity index (χ1) is 7.24. The van der Waals surface area contributed by atoms with E-state index in [1.165, 1.54) is 12.8 Å². The van der Waals surface area contributed by atoms with Gasteiger partial charge >= 0.3 is 0 Å². The van der Waals surface area contributed by atoms with E-state index in [2.05, 4.69) is 17.6 Å². The predicted octanol–water partition coefficient (Wildman–Crippen LogP) is 0.879. The van der Waals surface area contributed by atoms with Crippen molar-refractivity contribution in [3.63, 3.8) is 0 Å².